The molecule has 0 aromatic heterocycles. The van der Waals surface area contributed by atoms with E-state index in [1.165, 1.54) is 0 Å². The van der Waals surface area contributed by atoms with Crippen molar-refractivity contribution in [1.29, 1.82) is 0 Å². The van der Waals surface area contributed by atoms with Crippen molar-refractivity contribution >= 4 is 9.84 Å². The smallest absolute Gasteiger partial charge is 0.181 e. The molecule has 0 N–H and O–H groups in total. The molecule has 0 aliphatic carbocycles. The van der Waals surface area contributed by atoms with Crippen molar-refractivity contribution in [2.75, 3.05) is 5.75 Å². The van der Waals surface area contributed by atoms with E-state index in [0.29, 0.717) is 4.90 Å². The standard InChI is InChI=1S/C11H14O2S/c1-3-4-9-14(12,13)11-7-5-10(2)6-8-11/h3-8H,9H2,1-2H3/b4-3-. The third kappa shape index (κ3) is 2.70. The summed E-state index contributed by atoms with van der Waals surface area (Å²) in [6.45, 7) is 3.74. The second-order valence-corrected chi connectivity index (χ2v) is 5.20. The summed E-state index contributed by atoms with van der Waals surface area (Å²) in [7, 11) is -3.13. The summed E-state index contributed by atoms with van der Waals surface area (Å²) in [5.74, 6) is 0.0760. The molecule has 0 fully saturated rings. The molecule has 1 aromatic carbocycles. The summed E-state index contributed by atoms with van der Waals surface area (Å²) in [5.41, 5.74) is 1.06. The van der Waals surface area contributed by atoms with Crippen molar-refractivity contribution < 1.29 is 8.42 Å². The van der Waals surface area contributed by atoms with Crippen LogP contribution >= 0.6 is 0 Å². The molecule has 0 saturated carbocycles. The van der Waals surface area contributed by atoms with E-state index in [1.807, 2.05) is 26.0 Å². The molecule has 1 rings (SSSR count). The Morgan fingerprint density at radius 2 is 1.79 bits per heavy atom. The number of allylic oxidation sites excluding steroid dienone is 1. The van der Waals surface area contributed by atoms with E-state index in [0.717, 1.165) is 5.56 Å². The van der Waals surface area contributed by atoms with Crippen LogP contribution in [-0.4, -0.2) is 14.2 Å². The molecule has 0 aliphatic heterocycles. The number of hydrogen-bond donors (Lipinski definition) is 0. The lowest BCUT2D eigenvalue weighted by molar-refractivity contribution is 0.599. The topological polar surface area (TPSA) is 34.1 Å². The molecule has 0 saturated heterocycles. The van der Waals surface area contributed by atoms with E-state index < -0.39 is 9.84 Å². The number of hydrogen-bond acceptors (Lipinski definition) is 2. The Balaban J connectivity index is 2.99. The Morgan fingerprint density at radius 3 is 2.29 bits per heavy atom. The molecule has 0 radical (unpaired) electrons. The van der Waals surface area contributed by atoms with Crippen LogP contribution in [0.15, 0.2) is 41.3 Å². The van der Waals surface area contributed by atoms with E-state index in [2.05, 4.69) is 0 Å². The first-order valence-corrected chi connectivity index (χ1v) is 6.12. The van der Waals surface area contributed by atoms with Gasteiger partial charge in [0, 0.05) is 0 Å². The lowest BCUT2D eigenvalue weighted by Crippen LogP contribution is -2.04. The maximum absolute atomic E-state index is 11.7. The summed E-state index contributed by atoms with van der Waals surface area (Å²) < 4.78 is 23.3. The Kier molecular flexibility index (Phi) is 3.47. The molecule has 0 bridgehead atoms. The van der Waals surface area contributed by atoms with Gasteiger partial charge >= 0.3 is 0 Å². The summed E-state index contributed by atoms with van der Waals surface area (Å²) in [6.07, 6.45) is 3.39. The first-order chi connectivity index (χ1) is 6.56. The van der Waals surface area contributed by atoms with Crippen LogP contribution in [0.4, 0.5) is 0 Å². The molecule has 0 amide bonds. The quantitative estimate of drug-likeness (QED) is 0.718. The first-order valence-electron chi connectivity index (χ1n) is 4.47. The van der Waals surface area contributed by atoms with E-state index >= 15 is 0 Å². The van der Waals surface area contributed by atoms with Gasteiger partial charge in [-0.3, -0.25) is 0 Å². The van der Waals surface area contributed by atoms with Gasteiger partial charge in [-0.05, 0) is 26.0 Å². The normalized spacial score (nSPS) is 12.1. The molecule has 0 unspecified atom stereocenters. The summed E-state index contributed by atoms with van der Waals surface area (Å²) in [4.78, 5) is 0.390. The minimum absolute atomic E-state index is 0.0760. The zero-order valence-corrected chi connectivity index (χ0v) is 9.21. The zero-order valence-electron chi connectivity index (χ0n) is 8.40. The highest BCUT2D eigenvalue weighted by atomic mass is 32.2. The maximum Gasteiger partial charge on any atom is 0.181 e. The minimum atomic E-state index is -3.13. The van der Waals surface area contributed by atoms with E-state index in [1.54, 1.807) is 24.3 Å². The molecular weight excluding hydrogens is 196 g/mol. The molecule has 14 heavy (non-hydrogen) atoms. The fraction of sp³-hybridized carbons (Fsp3) is 0.273. The van der Waals surface area contributed by atoms with Gasteiger partial charge < -0.3 is 0 Å². The average Bonchev–Trinajstić information content (AvgIpc) is 2.16. The highest BCUT2D eigenvalue weighted by molar-refractivity contribution is 7.91. The predicted octanol–water partition coefficient (Wildman–Crippen LogP) is 2.34. The van der Waals surface area contributed by atoms with Crippen molar-refractivity contribution in [2.45, 2.75) is 18.7 Å². The highest BCUT2D eigenvalue weighted by Gasteiger charge is 2.10. The van der Waals surface area contributed by atoms with Gasteiger partial charge in [-0.1, -0.05) is 29.8 Å². The van der Waals surface area contributed by atoms with Crippen molar-refractivity contribution in [3.63, 3.8) is 0 Å². The van der Waals surface area contributed by atoms with Gasteiger partial charge in [0.05, 0.1) is 10.6 Å². The number of rotatable bonds is 3. The van der Waals surface area contributed by atoms with Gasteiger partial charge in [0.2, 0.25) is 0 Å². The van der Waals surface area contributed by atoms with Crippen LogP contribution in [0, 0.1) is 6.92 Å². The van der Waals surface area contributed by atoms with E-state index in [-0.39, 0.29) is 5.75 Å². The molecule has 3 heteroatoms. The molecule has 0 spiro atoms. The van der Waals surface area contributed by atoms with Crippen molar-refractivity contribution in [1.82, 2.24) is 0 Å². The minimum Gasteiger partial charge on any atom is -0.223 e. The Hall–Kier alpha value is -1.09. The molecule has 2 nitrogen and oxygen atoms in total. The number of benzene rings is 1. The third-order valence-electron chi connectivity index (χ3n) is 1.93. The molecule has 76 valence electrons. The summed E-state index contributed by atoms with van der Waals surface area (Å²) in [5, 5.41) is 0. The van der Waals surface area contributed by atoms with Crippen LogP contribution in [0.1, 0.15) is 12.5 Å². The van der Waals surface area contributed by atoms with Crippen LogP contribution in [0.2, 0.25) is 0 Å². The monoisotopic (exact) mass is 210 g/mol. The van der Waals surface area contributed by atoms with Crippen LogP contribution in [0.25, 0.3) is 0 Å². The van der Waals surface area contributed by atoms with Gasteiger partial charge in [-0.15, -0.1) is 0 Å². The Labute approximate surface area is 85.2 Å². The van der Waals surface area contributed by atoms with Gasteiger partial charge in [-0.25, -0.2) is 8.42 Å². The third-order valence-corrected chi connectivity index (χ3v) is 3.55. The molecule has 0 heterocycles. The number of aryl methyl sites for hydroxylation is 1. The van der Waals surface area contributed by atoms with Crippen LogP contribution in [0.3, 0.4) is 0 Å². The van der Waals surface area contributed by atoms with Gasteiger partial charge in [0.15, 0.2) is 9.84 Å². The summed E-state index contributed by atoms with van der Waals surface area (Å²) in [6, 6.07) is 6.91. The van der Waals surface area contributed by atoms with Crippen molar-refractivity contribution in [2.24, 2.45) is 0 Å². The van der Waals surface area contributed by atoms with Crippen LogP contribution in [0.5, 0.6) is 0 Å². The average molecular weight is 210 g/mol. The molecular formula is C11H14O2S. The lowest BCUT2D eigenvalue weighted by Gasteiger charge is -2.01. The second-order valence-electron chi connectivity index (χ2n) is 3.16. The van der Waals surface area contributed by atoms with Gasteiger partial charge in [0.25, 0.3) is 0 Å². The molecule has 1 aromatic rings. The van der Waals surface area contributed by atoms with Crippen LogP contribution in [-0.2, 0) is 9.84 Å². The fourth-order valence-electron chi connectivity index (χ4n) is 1.06. The van der Waals surface area contributed by atoms with E-state index in [4.69, 9.17) is 0 Å². The van der Waals surface area contributed by atoms with Gasteiger partial charge in [-0.2, -0.15) is 0 Å². The predicted molar refractivity (Wildman–Crippen MR) is 58.0 cm³/mol. The second kappa shape index (κ2) is 4.42. The molecule has 0 aliphatic rings. The maximum atomic E-state index is 11.7. The zero-order chi connectivity index (χ0) is 10.6. The highest BCUT2D eigenvalue weighted by Crippen LogP contribution is 2.12. The van der Waals surface area contributed by atoms with Gasteiger partial charge in [0.1, 0.15) is 0 Å². The van der Waals surface area contributed by atoms with E-state index in [9.17, 15) is 8.42 Å². The Morgan fingerprint density at radius 1 is 1.21 bits per heavy atom. The first kappa shape index (κ1) is 11.0. The summed E-state index contributed by atoms with van der Waals surface area (Å²) >= 11 is 0. The van der Waals surface area contributed by atoms with Crippen molar-refractivity contribution in [3.05, 3.63) is 42.0 Å². The fourth-order valence-corrected chi connectivity index (χ4v) is 2.25. The van der Waals surface area contributed by atoms with Crippen LogP contribution < -0.4 is 0 Å². The largest absolute Gasteiger partial charge is 0.223 e. The SMILES string of the molecule is C/C=C\CS(=O)(=O)c1ccc(C)cc1. The van der Waals surface area contributed by atoms with Crippen molar-refractivity contribution in [3.8, 4) is 0 Å². The number of sulfone groups is 1. The Bertz CT molecular complexity index is 413. The molecule has 0 atom stereocenters. The lowest BCUT2D eigenvalue weighted by atomic mass is 10.2.